The van der Waals surface area contributed by atoms with Crippen LogP contribution in [0.15, 0.2) is 42.6 Å². The van der Waals surface area contributed by atoms with Gasteiger partial charge in [0, 0.05) is 18.2 Å². The van der Waals surface area contributed by atoms with Gasteiger partial charge < -0.3 is 15.2 Å². The molecule has 1 amide bonds. The molecule has 22 heavy (non-hydrogen) atoms. The van der Waals surface area contributed by atoms with E-state index in [0.717, 1.165) is 16.7 Å². The Morgan fingerprint density at radius 2 is 2.05 bits per heavy atom. The Labute approximate surface area is 128 Å². The number of aliphatic hydroxyl groups is 1. The molecule has 0 saturated heterocycles. The molecule has 5 heteroatoms. The number of pyridine rings is 1. The first-order valence-electron chi connectivity index (χ1n) is 7.38. The number of carbonyl (C=O) groups excluding carboxylic acids is 1. The highest BCUT2D eigenvalue weighted by molar-refractivity contribution is 5.85. The van der Waals surface area contributed by atoms with Gasteiger partial charge in [0.1, 0.15) is 12.5 Å². The van der Waals surface area contributed by atoms with Gasteiger partial charge >= 0.3 is 0 Å². The van der Waals surface area contributed by atoms with Crippen LogP contribution in [0.3, 0.4) is 0 Å². The van der Waals surface area contributed by atoms with Crippen molar-refractivity contribution < 1.29 is 14.6 Å². The van der Waals surface area contributed by atoms with E-state index in [2.05, 4.69) is 10.3 Å². The number of ether oxygens (including phenoxy) is 1. The van der Waals surface area contributed by atoms with Crippen molar-refractivity contribution >= 4 is 5.91 Å². The lowest BCUT2D eigenvalue weighted by Gasteiger charge is -2.20. The molecule has 1 aromatic heterocycles. The predicted molar refractivity (Wildman–Crippen MR) is 79.5 cm³/mol. The number of aliphatic hydroxyl groups excluding tert-OH is 1. The second-order valence-corrected chi connectivity index (χ2v) is 5.72. The zero-order valence-corrected chi connectivity index (χ0v) is 11.9. The van der Waals surface area contributed by atoms with E-state index < -0.39 is 6.10 Å². The number of fused-ring (bicyclic) bond motifs is 2. The normalized spacial score (nSPS) is 25.2. The summed E-state index contributed by atoms with van der Waals surface area (Å²) >= 11 is 0. The number of hydrogen-bond donors (Lipinski definition) is 2. The molecule has 112 valence electrons. The summed E-state index contributed by atoms with van der Waals surface area (Å²) in [6, 6.07) is 11.1. The van der Waals surface area contributed by atoms with Crippen molar-refractivity contribution in [3.63, 3.8) is 0 Å². The quantitative estimate of drug-likeness (QED) is 0.877. The maximum atomic E-state index is 12.6. The van der Waals surface area contributed by atoms with Gasteiger partial charge in [0.25, 0.3) is 0 Å². The van der Waals surface area contributed by atoms with Crippen LogP contribution in [-0.4, -0.2) is 28.7 Å². The summed E-state index contributed by atoms with van der Waals surface area (Å²) in [7, 11) is 0. The summed E-state index contributed by atoms with van der Waals surface area (Å²) in [4.78, 5) is 16.7. The molecular formula is C17H16N2O3. The molecule has 1 aromatic carbocycles. The first-order chi connectivity index (χ1) is 10.7. The summed E-state index contributed by atoms with van der Waals surface area (Å²) < 4.78 is 5.46. The largest absolute Gasteiger partial charge is 0.476 e. The number of rotatable bonds is 2. The van der Waals surface area contributed by atoms with Crippen LogP contribution in [0.25, 0.3) is 0 Å². The van der Waals surface area contributed by atoms with E-state index in [0.29, 0.717) is 18.9 Å². The third-order valence-electron chi connectivity index (χ3n) is 4.38. The van der Waals surface area contributed by atoms with E-state index in [4.69, 9.17) is 4.74 Å². The second-order valence-electron chi connectivity index (χ2n) is 5.72. The van der Waals surface area contributed by atoms with Crippen molar-refractivity contribution in [1.29, 1.82) is 0 Å². The minimum absolute atomic E-state index is 0.132. The van der Waals surface area contributed by atoms with Gasteiger partial charge in [-0.15, -0.1) is 0 Å². The molecule has 2 N–H and O–H groups in total. The monoisotopic (exact) mass is 296 g/mol. The smallest absolute Gasteiger partial charge is 0.231 e. The molecule has 2 aliphatic rings. The fraction of sp³-hybridized carbons (Fsp3) is 0.294. The van der Waals surface area contributed by atoms with Crippen molar-refractivity contribution in [2.24, 2.45) is 0 Å². The van der Waals surface area contributed by atoms with Crippen molar-refractivity contribution in [2.75, 3.05) is 6.61 Å². The maximum Gasteiger partial charge on any atom is 0.231 e. The van der Waals surface area contributed by atoms with E-state index >= 15 is 0 Å². The Hall–Kier alpha value is -2.40. The van der Waals surface area contributed by atoms with Gasteiger partial charge in [0.15, 0.2) is 0 Å². The lowest BCUT2D eigenvalue weighted by Crippen LogP contribution is -2.37. The predicted octanol–water partition coefficient (Wildman–Crippen LogP) is 1.33. The minimum Gasteiger partial charge on any atom is -0.476 e. The fourth-order valence-electron chi connectivity index (χ4n) is 3.26. The standard InChI is InChI=1S/C17H16N2O3/c20-14-8-10-4-1-2-5-11(10)15(14)19-16(21)13-9-22-17-12(13)6-3-7-18-17/h1-7,13-15,20H,8-9H2,(H,19,21)/t13?,14-,15+/m1/s1. The van der Waals surface area contributed by atoms with Gasteiger partial charge in [0.05, 0.1) is 12.1 Å². The number of aromatic nitrogens is 1. The van der Waals surface area contributed by atoms with Crippen LogP contribution in [0.5, 0.6) is 5.88 Å². The summed E-state index contributed by atoms with van der Waals surface area (Å²) in [5.74, 6) is 0.0196. The Balaban J connectivity index is 1.56. The van der Waals surface area contributed by atoms with Crippen LogP contribution in [0.1, 0.15) is 28.7 Å². The molecule has 0 radical (unpaired) electrons. The van der Waals surface area contributed by atoms with Gasteiger partial charge in [-0.05, 0) is 17.2 Å². The number of hydrogen-bond acceptors (Lipinski definition) is 4. The SMILES string of the molecule is O=C(N[C@H]1c2ccccc2C[C@H]1O)C1COc2ncccc21. The highest BCUT2D eigenvalue weighted by Crippen LogP contribution is 2.35. The number of benzene rings is 1. The summed E-state index contributed by atoms with van der Waals surface area (Å²) in [5.41, 5.74) is 2.89. The van der Waals surface area contributed by atoms with E-state index in [1.807, 2.05) is 30.3 Å². The number of nitrogens with one attached hydrogen (secondary N) is 1. The number of amides is 1. The zero-order chi connectivity index (χ0) is 15.1. The summed E-state index contributed by atoms with van der Waals surface area (Å²) in [6.45, 7) is 0.294. The van der Waals surface area contributed by atoms with Gasteiger partial charge in [-0.25, -0.2) is 4.98 Å². The first-order valence-corrected chi connectivity index (χ1v) is 7.38. The van der Waals surface area contributed by atoms with Gasteiger partial charge in [-0.3, -0.25) is 4.79 Å². The Morgan fingerprint density at radius 3 is 2.95 bits per heavy atom. The molecule has 2 heterocycles. The Bertz CT molecular complexity index is 731. The lowest BCUT2D eigenvalue weighted by atomic mass is 10.0. The Morgan fingerprint density at radius 1 is 1.23 bits per heavy atom. The molecule has 0 spiro atoms. The summed E-state index contributed by atoms with van der Waals surface area (Å²) in [5, 5.41) is 13.2. The van der Waals surface area contributed by atoms with Crippen molar-refractivity contribution in [3.05, 3.63) is 59.3 Å². The van der Waals surface area contributed by atoms with E-state index in [1.165, 1.54) is 0 Å². The molecule has 5 nitrogen and oxygen atoms in total. The average Bonchev–Trinajstić information content (AvgIpc) is 3.09. The van der Waals surface area contributed by atoms with E-state index in [-0.39, 0.29) is 17.9 Å². The van der Waals surface area contributed by atoms with Crippen LogP contribution in [0.4, 0.5) is 0 Å². The third kappa shape index (κ3) is 2.05. The van der Waals surface area contributed by atoms with Crippen molar-refractivity contribution in [3.8, 4) is 5.88 Å². The fourth-order valence-corrected chi connectivity index (χ4v) is 3.26. The zero-order valence-electron chi connectivity index (χ0n) is 11.9. The topological polar surface area (TPSA) is 71.5 Å². The molecule has 4 rings (SSSR count). The van der Waals surface area contributed by atoms with Crippen LogP contribution in [0.2, 0.25) is 0 Å². The number of carbonyl (C=O) groups is 1. The molecule has 1 unspecified atom stereocenters. The molecule has 3 atom stereocenters. The van der Waals surface area contributed by atoms with Gasteiger partial charge in [-0.1, -0.05) is 30.3 Å². The van der Waals surface area contributed by atoms with Gasteiger partial charge in [0.2, 0.25) is 11.8 Å². The van der Waals surface area contributed by atoms with Crippen LogP contribution in [0, 0.1) is 0 Å². The molecule has 1 aliphatic heterocycles. The minimum atomic E-state index is -0.586. The van der Waals surface area contributed by atoms with E-state index in [9.17, 15) is 9.90 Å². The van der Waals surface area contributed by atoms with Crippen LogP contribution < -0.4 is 10.1 Å². The third-order valence-corrected chi connectivity index (χ3v) is 4.38. The lowest BCUT2D eigenvalue weighted by molar-refractivity contribution is -0.124. The van der Waals surface area contributed by atoms with Crippen molar-refractivity contribution in [1.82, 2.24) is 10.3 Å². The Kier molecular flexibility index (Phi) is 3.08. The summed E-state index contributed by atoms with van der Waals surface area (Å²) in [6.07, 6.45) is 1.63. The molecule has 1 aliphatic carbocycles. The average molecular weight is 296 g/mol. The molecule has 0 fully saturated rings. The van der Waals surface area contributed by atoms with E-state index in [1.54, 1.807) is 12.3 Å². The second kappa shape index (κ2) is 5.10. The molecule has 2 aromatic rings. The maximum absolute atomic E-state index is 12.6. The molecular weight excluding hydrogens is 280 g/mol. The van der Waals surface area contributed by atoms with Crippen LogP contribution in [-0.2, 0) is 11.2 Å². The molecule has 0 bridgehead atoms. The number of nitrogens with zero attached hydrogens (tertiary/aromatic N) is 1. The highest BCUT2D eigenvalue weighted by Gasteiger charge is 2.36. The molecule has 0 saturated carbocycles. The first kappa shape index (κ1) is 13.3. The van der Waals surface area contributed by atoms with Crippen molar-refractivity contribution in [2.45, 2.75) is 24.5 Å². The van der Waals surface area contributed by atoms with Crippen LogP contribution >= 0.6 is 0 Å². The highest BCUT2D eigenvalue weighted by atomic mass is 16.5. The van der Waals surface area contributed by atoms with Gasteiger partial charge in [-0.2, -0.15) is 0 Å².